The van der Waals surface area contributed by atoms with Crippen LogP contribution in [0, 0.1) is 30.1 Å². The standard InChI is InChI=1S/C37H42N2O4S.Li.H/c1-23-5-3-4-6-29(23)32-18-24(8-10-31(32)35(41)39-33(36(42)43)12-14-44-2)7-9-28-22-38-13-11-30(28)34(40)37-19-25-15-26(20-37)17-27(16-25)21-37;;/h3-6,8,10-11,13,18,22,25-27,33H,7,9,12,14-17,19-21H2,1-2H3,(H,39,41)(H,42,43);;/q;+1;-1/t25?,26?,27?,33-,37?;;/m0../s1. The summed E-state index contributed by atoms with van der Waals surface area (Å²) in [5.74, 6) is 1.68. The number of nitrogens with one attached hydrogen (secondary N) is 1. The second-order valence-corrected chi connectivity index (χ2v) is 14.4. The summed E-state index contributed by atoms with van der Waals surface area (Å²) in [7, 11) is 0. The molecule has 4 aliphatic carbocycles. The van der Waals surface area contributed by atoms with E-state index < -0.39 is 12.0 Å². The summed E-state index contributed by atoms with van der Waals surface area (Å²) in [6.45, 7) is 2.01. The SMILES string of the molecule is CSCC[C@H](NC(=O)c1ccc(CCc2cnccc2C(=O)C23CC4CC(CC(C4)C2)C3)cc1-c1ccccc1C)C(=O)O.[H-].[Li+]. The zero-order valence-corrected chi connectivity index (χ0v) is 27.5. The molecule has 2 N–H and O–H groups in total. The van der Waals surface area contributed by atoms with Crippen LogP contribution in [0.3, 0.4) is 0 Å². The molecule has 45 heavy (non-hydrogen) atoms. The van der Waals surface area contributed by atoms with Crippen molar-refractivity contribution < 1.29 is 39.8 Å². The Labute approximate surface area is 284 Å². The van der Waals surface area contributed by atoms with Crippen LogP contribution in [0.25, 0.3) is 11.1 Å². The average Bonchev–Trinajstić information content (AvgIpc) is 3.01. The largest absolute Gasteiger partial charge is 1.00 e. The number of amides is 1. The normalized spacial score (nSPS) is 23.6. The summed E-state index contributed by atoms with van der Waals surface area (Å²) in [6, 6.07) is 14.7. The molecule has 0 spiro atoms. The van der Waals surface area contributed by atoms with Crippen molar-refractivity contribution >= 4 is 29.4 Å². The number of thioether (sulfide) groups is 1. The van der Waals surface area contributed by atoms with Crippen LogP contribution >= 0.6 is 11.8 Å². The maximum Gasteiger partial charge on any atom is 1.00 e. The number of ketones is 1. The van der Waals surface area contributed by atoms with Crippen molar-refractivity contribution in [2.45, 2.75) is 70.8 Å². The summed E-state index contributed by atoms with van der Waals surface area (Å²) in [5, 5.41) is 12.5. The number of pyridine rings is 1. The molecule has 232 valence electrons. The van der Waals surface area contributed by atoms with Gasteiger partial charge in [-0.15, -0.1) is 0 Å². The van der Waals surface area contributed by atoms with E-state index in [4.69, 9.17) is 0 Å². The molecule has 7 rings (SSSR count). The molecule has 4 saturated carbocycles. The van der Waals surface area contributed by atoms with E-state index in [1.807, 2.05) is 67.9 Å². The van der Waals surface area contributed by atoms with Crippen LogP contribution < -0.4 is 24.2 Å². The van der Waals surface area contributed by atoms with E-state index in [1.165, 1.54) is 19.3 Å². The Morgan fingerprint density at radius 2 is 1.67 bits per heavy atom. The third-order valence-corrected chi connectivity index (χ3v) is 11.0. The Kier molecular flexibility index (Phi) is 10.6. The molecule has 1 aromatic heterocycles. The number of nitrogens with zero attached hydrogens (tertiary/aromatic N) is 1. The zero-order chi connectivity index (χ0) is 30.8. The van der Waals surface area contributed by atoms with Gasteiger partial charge in [0.15, 0.2) is 5.78 Å². The van der Waals surface area contributed by atoms with Crippen molar-refractivity contribution in [1.82, 2.24) is 10.3 Å². The number of carboxylic acid groups (broad SMARTS) is 1. The van der Waals surface area contributed by atoms with Crippen LogP contribution in [0.5, 0.6) is 0 Å². The van der Waals surface area contributed by atoms with E-state index in [1.54, 1.807) is 18.0 Å². The first-order valence-corrected chi connectivity index (χ1v) is 17.3. The molecule has 3 aromatic rings. The van der Waals surface area contributed by atoms with Gasteiger partial charge in [0.05, 0.1) is 0 Å². The summed E-state index contributed by atoms with van der Waals surface area (Å²) in [5.41, 5.74) is 5.89. The number of carboxylic acids is 1. The zero-order valence-electron chi connectivity index (χ0n) is 27.7. The molecule has 0 unspecified atom stereocenters. The number of aryl methyl sites for hydroxylation is 3. The fraction of sp³-hybridized carbons (Fsp3) is 0.459. The van der Waals surface area contributed by atoms with Gasteiger partial charge in [-0.1, -0.05) is 36.4 Å². The molecular formula is C37H43LiN2O4S. The van der Waals surface area contributed by atoms with Crippen molar-refractivity contribution in [3.63, 3.8) is 0 Å². The predicted octanol–water partition coefficient (Wildman–Crippen LogP) is 4.29. The summed E-state index contributed by atoms with van der Waals surface area (Å²) < 4.78 is 0. The van der Waals surface area contributed by atoms with Gasteiger partial charge < -0.3 is 11.8 Å². The molecule has 4 bridgehead atoms. The van der Waals surface area contributed by atoms with Crippen LogP contribution in [0.15, 0.2) is 60.9 Å². The van der Waals surface area contributed by atoms with E-state index in [2.05, 4.69) is 10.3 Å². The number of aromatic nitrogens is 1. The molecular weight excluding hydrogens is 575 g/mol. The Balaban J connectivity index is 0.00000240. The van der Waals surface area contributed by atoms with Crippen molar-refractivity contribution in [3.05, 3.63) is 88.7 Å². The Morgan fingerprint density at radius 1 is 0.978 bits per heavy atom. The molecule has 1 heterocycles. The summed E-state index contributed by atoms with van der Waals surface area (Å²) in [4.78, 5) is 44.0. The minimum absolute atomic E-state index is 0. The molecule has 2 aromatic carbocycles. The second kappa shape index (κ2) is 14.3. The molecule has 6 nitrogen and oxygen atoms in total. The first-order valence-electron chi connectivity index (χ1n) is 16.0. The summed E-state index contributed by atoms with van der Waals surface area (Å²) in [6.07, 6.45) is 14.3. The van der Waals surface area contributed by atoms with E-state index in [9.17, 15) is 19.5 Å². The van der Waals surface area contributed by atoms with Crippen molar-refractivity contribution in [3.8, 4) is 11.1 Å². The minimum Gasteiger partial charge on any atom is -1.00 e. The smallest absolute Gasteiger partial charge is 1.00 e. The van der Waals surface area contributed by atoms with Gasteiger partial charge in [-0.25, -0.2) is 4.79 Å². The minimum atomic E-state index is -1.03. The molecule has 1 atom stereocenters. The van der Waals surface area contributed by atoms with Gasteiger partial charge in [-0.2, -0.15) is 11.8 Å². The van der Waals surface area contributed by atoms with E-state index in [0.717, 1.165) is 52.6 Å². The molecule has 0 radical (unpaired) electrons. The van der Waals surface area contributed by atoms with E-state index in [-0.39, 0.29) is 31.6 Å². The monoisotopic (exact) mass is 618 g/mol. The fourth-order valence-corrected chi connectivity index (χ4v) is 9.04. The average molecular weight is 619 g/mol. The number of Topliss-reactive ketones (excluding diaryl/α,β-unsaturated/α-hetero) is 1. The number of hydrogen-bond donors (Lipinski definition) is 2. The van der Waals surface area contributed by atoms with Crippen molar-refractivity contribution in [2.75, 3.05) is 12.0 Å². The fourth-order valence-electron chi connectivity index (χ4n) is 8.57. The van der Waals surface area contributed by atoms with E-state index >= 15 is 0 Å². The van der Waals surface area contributed by atoms with Crippen molar-refractivity contribution in [1.29, 1.82) is 0 Å². The first-order chi connectivity index (χ1) is 21.3. The van der Waals surface area contributed by atoms with Gasteiger partial charge in [0, 0.05) is 28.9 Å². The summed E-state index contributed by atoms with van der Waals surface area (Å²) >= 11 is 1.55. The topological polar surface area (TPSA) is 96.4 Å². The van der Waals surface area contributed by atoms with Gasteiger partial charge in [0.1, 0.15) is 6.04 Å². The quantitative estimate of drug-likeness (QED) is 0.232. The third kappa shape index (κ3) is 7.11. The number of benzene rings is 2. The molecule has 1 amide bonds. The predicted molar refractivity (Wildman–Crippen MR) is 176 cm³/mol. The van der Waals surface area contributed by atoms with Gasteiger partial charge in [-0.3, -0.25) is 14.6 Å². The van der Waals surface area contributed by atoms with Crippen LogP contribution in [0.4, 0.5) is 0 Å². The number of hydrogen-bond acceptors (Lipinski definition) is 5. The van der Waals surface area contributed by atoms with Crippen LogP contribution in [0.2, 0.25) is 0 Å². The molecule has 0 saturated heterocycles. The number of aliphatic carboxylic acids is 1. The van der Waals surface area contributed by atoms with Crippen LogP contribution in [-0.4, -0.2) is 45.8 Å². The van der Waals surface area contributed by atoms with Gasteiger partial charge >= 0.3 is 24.8 Å². The molecule has 0 aliphatic heterocycles. The molecule has 4 fully saturated rings. The number of carbonyl (C=O) groups is 3. The number of carbonyl (C=O) groups excluding carboxylic acids is 2. The van der Waals surface area contributed by atoms with Gasteiger partial charge in [0.25, 0.3) is 5.91 Å². The first kappa shape index (κ1) is 33.5. The Hall–Kier alpha value is -2.85. The maximum atomic E-state index is 14.2. The Morgan fingerprint density at radius 3 is 2.31 bits per heavy atom. The maximum absolute atomic E-state index is 14.2. The van der Waals surface area contributed by atoms with Gasteiger partial charge in [-0.05, 0) is 134 Å². The van der Waals surface area contributed by atoms with Crippen molar-refractivity contribution in [2.24, 2.45) is 23.2 Å². The van der Waals surface area contributed by atoms with Crippen LogP contribution in [0.1, 0.15) is 83.8 Å². The van der Waals surface area contributed by atoms with Crippen LogP contribution in [-0.2, 0) is 17.6 Å². The third-order valence-electron chi connectivity index (χ3n) is 10.3. The molecule has 4 aliphatic rings. The second-order valence-electron chi connectivity index (χ2n) is 13.4. The number of rotatable bonds is 12. The Bertz CT molecular complexity index is 1550. The van der Waals surface area contributed by atoms with Gasteiger partial charge in [0.2, 0.25) is 0 Å². The molecule has 8 heteroatoms. The van der Waals surface area contributed by atoms with E-state index in [0.29, 0.717) is 54.1 Å².